The average molecular weight is 208 g/mol. The summed E-state index contributed by atoms with van der Waals surface area (Å²) in [6.07, 6.45) is 0. The Hall–Kier alpha value is -1.71. The maximum absolute atomic E-state index is 10.9. The number of carbonyl (C=O) groups is 1. The van der Waals surface area contributed by atoms with Crippen LogP contribution in [0.25, 0.3) is 0 Å². The highest BCUT2D eigenvalue weighted by molar-refractivity contribution is 5.80. The largest absolute Gasteiger partial charge is 0.480 e. The quantitative estimate of drug-likeness (QED) is 0.737. The van der Waals surface area contributed by atoms with Gasteiger partial charge in [-0.1, -0.05) is 12.1 Å². The van der Waals surface area contributed by atoms with Gasteiger partial charge in [0.1, 0.15) is 6.04 Å². The molecule has 0 aromatic heterocycles. The third-order valence-electron chi connectivity index (χ3n) is 2.41. The Kier molecular flexibility index (Phi) is 3.55. The summed E-state index contributed by atoms with van der Waals surface area (Å²) in [7, 11) is 0. The van der Waals surface area contributed by atoms with Gasteiger partial charge in [-0.2, -0.15) is 0 Å². The second-order valence-electron chi connectivity index (χ2n) is 3.36. The van der Waals surface area contributed by atoms with Crippen molar-refractivity contribution >= 4 is 17.3 Å². The maximum atomic E-state index is 10.9. The number of aliphatic carboxylic acids is 1. The molecule has 0 aliphatic rings. The number of carboxylic acids is 1. The lowest BCUT2D eigenvalue weighted by atomic mass is 10.2. The summed E-state index contributed by atoms with van der Waals surface area (Å²) < 4.78 is 0. The number of nitrogens with zero attached hydrogens (tertiary/aromatic N) is 1. The third-order valence-corrected chi connectivity index (χ3v) is 2.41. The predicted octanol–water partition coefficient (Wildman–Crippen LogP) is 1.57. The van der Waals surface area contributed by atoms with Gasteiger partial charge < -0.3 is 15.7 Å². The van der Waals surface area contributed by atoms with Crippen LogP contribution in [0.15, 0.2) is 24.3 Å². The Morgan fingerprint density at radius 2 is 2.13 bits per heavy atom. The second kappa shape index (κ2) is 4.68. The Balaban J connectivity index is 3.02. The molecule has 15 heavy (non-hydrogen) atoms. The molecule has 0 fully saturated rings. The number of rotatable bonds is 4. The van der Waals surface area contributed by atoms with E-state index < -0.39 is 12.0 Å². The number of carboxylic acid groups (broad SMARTS) is 1. The number of benzene rings is 1. The van der Waals surface area contributed by atoms with Gasteiger partial charge in [0.25, 0.3) is 0 Å². The monoisotopic (exact) mass is 208 g/mol. The Bertz CT molecular complexity index is 352. The first kappa shape index (κ1) is 11.4. The van der Waals surface area contributed by atoms with Gasteiger partial charge in [-0.25, -0.2) is 4.79 Å². The van der Waals surface area contributed by atoms with Gasteiger partial charge in [0, 0.05) is 6.54 Å². The van der Waals surface area contributed by atoms with Crippen LogP contribution >= 0.6 is 0 Å². The molecule has 1 unspecified atom stereocenters. The Labute approximate surface area is 89.3 Å². The molecular formula is C11H16N2O2. The van der Waals surface area contributed by atoms with Crippen molar-refractivity contribution in [3.8, 4) is 0 Å². The molecule has 1 atom stereocenters. The molecule has 1 aromatic carbocycles. The Morgan fingerprint density at radius 3 is 2.60 bits per heavy atom. The van der Waals surface area contributed by atoms with Crippen LogP contribution in [0.1, 0.15) is 13.8 Å². The van der Waals surface area contributed by atoms with Gasteiger partial charge in [-0.3, -0.25) is 0 Å². The lowest BCUT2D eigenvalue weighted by molar-refractivity contribution is -0.138. The predicted molar refractivity (Wildman–Crippen MR) is 61.0 cm³/mol. The zero-order valence-electron chi connectivity index (χ0n) is 8.97. The first-order chi connectivity index (χ1) is 7.07. The topological polar surface area (TPSA) is 66.6 Å². The van der Waals surface area contributed by atoms with Gasteiger partial charge in [0.15, 0.2) is 0 Å². The molecule has 82 valence electrons. The lowest BCUT2D eigenvalue weighted by Crippen LogP contribution is -2.39. The molecule has 0 spiro atoms. The molecule has 1 rings (SSSR count). The number of likely N-dealkylation sites (N-methyl/N-ethyl adjacent to an activating group) is 1. The minimum atomic E-state index is -0.847. The zero-order chi connectivity index (χ0) is 11.4. The molecule has 4 heteroatoms. The van der Waals surface area contributed by atoms with Gasteiger partial charge in [0.2, 0.25) is 0 Å². The summed E-state index contributed by atoms with van der Waals surface area (Å²) in [4.78, 5) is 12.7. The molecule has 0 bridgehead atoms. The fourth-order valence-electron chi connectivity index (χ4n) is 1.54. The van der Waals surface area contributed by atoms with Crippen LogP contribution in [-0.2, 0) is 4.79 Å². The molecule has 3 N–H and O–H groups in total. The minimum Gasteiger partial charge on any atom is -0.480 e. The maximum Gasteiger partial charge on any atom is 0.326 e. The lowest BCUT2D eigenvalue weighted by Gasteiger charge is -2.28. The van der Waals surface area contributed by atoms with Crippen molar-refractivity contribution in [1.82, 2.24) is 0 Å². The van der Waals surface area contributed by atoms with Crippen molar-refractivity contribution in [2.45, 2.75) is 19.9 Å². The second-order valence-corrected chi connectivity index (χ2v) is 3.36. The van der Waals surface area contributed by atoms with Crippen LogP contribution < -0.4 is 10.6 Å². The van der Waals surface area contributed by atoms with E-state index in [1.54, 1.807) is 17.9 Å². The fraction of sp³-hybridized carbons (Fsp3) is 0.364. The van der Waals surface area contributed by atoms with Crippen molar-refractivity contribution in [2.75, 3.05) is 17.2 Å². The SMILES string of the molecule is CCN(c1ccccc1N)C(C)C(=O)O. The van der Waals surface area contributed by atoms with Crippen molar-refractivity contribution < 1.29 is 9.90 Å². The molecule has 0 radical (unpaired) electrons. The van der Waals surface area contributed by atoms with E-state index in [0.717, 1.165) is 5.69 Å². The van der Waals surface area contributed by atoms with E-state index in [-0.39, 0.29) is 0 Å². The number of nitrogens with two attached hydrogens (primary N) is 1. The summed E-state index contributed by atoms with van der Waals surface area (Å²) in [5.74, 6) is -0.847. The molecule has 0 aliphatic heterocycles. The molecule has 0 aliphatic carbocycles. The van der Waals surface area contributed by atoms with Crippen molar-refractivity contribution in [1.29, 1.82) is 0 Å². The average Bonchev–Trinajstić information content (AvgIpc) is 2.21. The molecule has 0 saturated heterocycles. The van der Waals surface area contributed by atoms with E-state index in [9.17, 15) is 4.79 Å². The smallest absolute Gasteiger partial charge is 0.326 e. The van der Waals surface area contributed by atoms with Crippen LogP contribution in [-0.4, -0.2) is 23.7 Å². The van der Waals surface area contributed by atoms with E-state index in [2.05, 4.69) is 0 Å². The number of nitrogen functional groups attached to an aromatic ring is 1. The van der Waals surface area contributed by atoms with Crippen molar-refractivity contribution in [3.63, 3.8) is 0 Å². The summed E-state index contributed by atoms with van der Waals surface area (Å²) >= 11 is 0. The van der Waals surface area contributed by atoms with Gasteiger partial charge in [-0.15, -0.1) is 0 Å². The molecule has 0 heterocycles. The van der Waals surface area contributed by atoms with Crippen LogP contribution in [0.4, 0.5) is 11.4 Å². The number of hydrogen-bond acceptors (Lipinski definition) is 3. The summed E-state index contributed by atoms with van der Waals surface area (Å²) in [5.41, 5.74) is 7.18. The normalized spacial score (nSPS) is 12.1. The van der Waals surface area contributed by atoms with E-state index in [1.807, 2.05) is 25.1 Å². The Morgan fingerprint density at radius 1 is 1.53 bits per heavy atom. The van der Waals surface area contributed by atoms with E-state index in [4.69, 9.17) is 10.8 Å². The van der Waals surface area contributed by atoms with Crippen LogP contribution in [0.2, 0.25) is 0 Å². The van der Waals surface area contributed by atoms with Crippen LogP contribution in [0.3, 0.4) is 0 Å². The van der Waals surface area contributed by atoms with Gasteiger partial charge in [-0.05, 0) is 26.0 Å². The van der Waals surface area contributed by atoms with E-state index in [0.29, 0.717) is 12.2 Å². The van der Waals surface area contributed by atoms with E-state index in [1.165, 1.54) is 0 Å². The number of hydrogen-bond donors (Lipinski definition) is 2. The molecule has 0 saturated carbocycles. The highest BCUT2D eigenvalue weighted by atomic mass is 16.4. The fourth-order valence-corrected chi connectivity index (χ4v) is 1.54. The van der Waals surface area contributed by atoms with Crippen molar-refractivity contribution in [3.05, 3.63) is 24.3 Å². The number of anilines is 2. The zero-order valence-corrected chi connectivity index (χ0v) is 8.97. The minimum absolute atomic E-state index is 0.570. The first-order valence-electron chi connectivity index (χ1n) is 4.91. The third kappa shape index (κ3) is 2.40. The number of para-hydroxylation sites is 2. The first-order valence-corrected chi connectivity index (χ1v) is 4.91. The molecule has 1 aromatic rings. The summed E-state index contributed by atoms with van der Waals surface area (Å²) in [6, 6.07) is 6.71. The van der Waals surface area contributed by atoms with Gasteiger partial charge in [0.05, 0.1) is 11.4 Å². The summed E-state index contributed by atoms with van der Waals surface area (Å²) in [5, 5.41) is 8.95. The summed E-state index contributed by atoms with van der Waals surface area (Å²) in [6.45, 7) is 4.17. The molecule has 0 amide bonds. The van der Waals surface area contributed by atoms with Crippen LogP contribution in [0, 0.1) is 0 Å². The molecular weight excluding hydrogens is 192 g/mol. The van der Waals surface area contributed by atoms with Gasteiger partial charge >= 0.3 is 5.97 Å². The van der Waals surface area contributed by atoms with Crippen molar-refractivity contribution in [2.24, 2.45) is 0 Å². The van der Waals surface area contributed by atoms with Crippen LogP contribution in [0.5, 0.6) is 0 Å². The highest BCUT2D eigenvalue weighted by Crippen LogP contribution is 2.24. The van der Waals surface area contributed by atoms with E-state index >= 15 is 0 Å². The standard InChI is InChI=1S/C11H16N2O2/c1-3-13(8(2)11(14)15)10-7-5-4-6-9(10)12/h4-8H,3,12H2,1-2H3,(H,14,15). The molecule has 4 nitrogen and oxygen atoms in total. The highest BCUT2D eigenvalue weighted by Gasteiger charge is 2.20.